The molecule has 2 rings (SSSR count). The minimum atomic E-state index is -1.07. The molecule has 7 heteroatoms. The number of hydrogen-bond donors (Lipinski definition) is 2. The van der Waals surface area contributed by atoms with Crippen LogP contribution in [0.3, 0.4) is 0 Å². The molecular weight excluding hydrogens is 290 g/mol. The third-order valence-electron chi connectivity index (χ3n) is 2.79. The Morgan fingerprint density at radius 1 is 1.33 bits per heavy atom. The lowest BCUT2D eigenvalue weighted by atomic mass is 10.3. The van der Waals surface area contributed by atoms with Crippen molar-refractivity contribution in [1.82, 2.24) is 10.3 Å². The molecule has 21 heavy (non-hydrogen) atoms. The summed E-state index contributed by atoms with van der Waals surface area (Å²) in [6, 6.07) is 9.09. The van der Waals surface area contributed by atoms with Crippen LogP contribution in [0.25, 0.3) is 0 Å². The second kappa shape index (κ2) is 6.85. The van der Waals surface area contributed by atoms with Crippen LogP contribution in [0.4, 0.5) is 10.5 Å². The van der Waals surface area contributed by atoms with Gasteiger partial charge in [0.1, 0.15) is 5.01 Å². The third-order valence-corrected chi connectivity index (χ3v) is 3.64. The number of carboxylic acid groups (broad SMARTS) is 1. The number of para-hydroxylation sites is 1. The standard InChI is InChI=1S/C14H15N3O3S/c1-2-17(10-6-4-3-5-7-10)14(20)15-8-12-16-11(9-21-12)13(18)19/h3-7,9H,2,8H2,1H3,(H,15,20)(H,18,19). The zero-order valence-electron chi connectivity index (χ0n) is 11.4. The average Bonchev–Trinajstić information content (AvgIpc) is 2.96. The fraction of sp³-hybridized carbons (Fsp3) is 0.214. The van der Waals surface area contributed by atoms with E-state index in [1.54, 1.807) is 4.90 Å². The molecule has 0 spiro atoms. The monoisotopic (exact) mass is 305 g/mol. The highest BCUT2D eigenvalue weighted by Crippen LogP contribution is 2.14. The molecule has 110 valence electrons. The maximum absolute atomic E-state index is 12.2. The Kier molecular flexibility index (Phi) is 4.89. The van der Waals surface area contributed by atoms with Gasteiger partial charge in [-0.25, -0.2) is 14.6 Å². The van der Waals surface area contributed by atoms with E-state index < -0.39 is 5.97 Å². The van der Waals surface area contributed by atoms with Crippen LogP contribution in [0.1, 0.15) is 22.4 Å². The van der Waals surface area contributed by atoms with Crippen LogP contribution in [0.2, 0.25) is 0 Å². The Morgan fingerprint density at radius 2 is 2.05 bits per heavy atom. The molecule has 0 aliphatic rings. The van der Waals surface area contributed by atoms with Gasteiger partial charge in [0.05, 0.1) is 6.54 Å². The summed E-state index contributed by atoms with van der Waals surface area (Å²) in [5.74, 6) is -1.07. The van der Waals surface area contributed by atoms with Gasteiger partial charge in [-0.05, 0) is 19.1 Å². The summed E-state index contributed by atoms with van der Waals surface area (Å²) >= 11 is 1.21. The number of nitrogens with one attached hydrogen (secondary N) is 1. The quantitative estimate of drug-likeness (QED) is 0.889. The van der Waals surface area contributed by atoms with Crippen LogP contribution in [-0.4, -0.2) is 28.6 Å². The zero-order valence-corrected chi connectivity index (χ0v) is 12.3. The first-order valence-electron chi connectivity index (χ1n) is 6.40. The average molecular weight is 305 g/mol. The molecule has 1 heterocycles. The number of rotatable bonds is 5. The summed E-state index contributed by atoms with van der Waals surface area (Å²) in [4.78, 5) is 28.4. The van der Waals surface area contributed by atoms with Gasteiger partial charge < -0.3 is 10.4 Å². The van der Waals surface area contributed by atoms with E-state index in [9.17, 15) is 9.59 Å². The van der Waals surface area contributed by atoms with E-state index in [1.165, 1.54) is 16.7 Å². The summed E-state index contributed by atoms with van der Waals surface area (Å²) in [6.45, 7) is 2.63. The van der Waals surface area contributed by atoms with Crippen molar-refractivity contribution in [3.63, 3.8) is 0 Å². The van der Waals surface area contributed by atoms with Crippen molar-refractivity contribution in [2.45, 2.75) is 13.5 Å². The smallest absolute Gasteiger partial charge is 0.355 e. The number of aromatic carboxylic acids is 1. The minimum Gasteiger partial charge on any atom is -0.476 e. The molecule has 2 N–H and O–H groups in total. The highest BCUT2D eigenvalue weighted by Gasteiger charge is 2.14. The maximum atomic E-state index is 12.2. The van der Waals surface area contributed by atoms with Crippen LogP contribution in [0.5, 0.6) is 0 Å². The number of benzene rings is 1. The van der Waals surface area contributed by atoms with Gasteiger partial charge in [-0.15, -0.1) is 11.3 Å². The first kappa shape index (κ1) is 15.0. The predicted molar refractivity (Wildman–Crippen MR) is 80.8 cm³/mol. The van der Waals surface area contributed by atoms with Crippen LogP contribution in [0, 0.1) is 0 Å². The van der Waals surface area contributed by atoms with E-state index in [0.29, 0.717) is 11.6 Å². The lowest BCUT2D eigenvalue weighted by molar-refractivity contribution is 0.0691. The Bertz CT molecular complexity index is 627. The lowest BCUT2D eigenvalue weighted by Crippen LogP contribution is -2.39. The molecule has 2 amide bonds. The van der Waals surface area contributed by atoms with E-state index in [2.05, 4.69) is 10.3 Å². The van der Waals surface area contributed by atoms with E-state index >= 15 is 0 Å². The van der Waals surface area contributed by atoms with Crippen molar-refractivity contribution in [2.24, 2.45) is 0 Å². The van der Waals surface area contributed by atoms with Gasteiger partial charge in [-0.3, -0.25) is 4.90 Å². The molecular formula is C14H15N3O3S. The highest BCUT2D eigenvalue weighted by atomic mass is 32.1. The molecule has 0 aliphatic heterocycles. The Balaban J connectivity index is 1.98. The molecule has 1 aromatic heterocycles. The van der Waals surface area contributed by atoms with Crippen molar-refractivity contribution < 1.29 is 14.7 Å². The number of carbonyl (C=O) groups excluding carboxylic acids is 1. The molecule has 0 bridgehead atoms. The summed E-state index contributed by atoms with van der Waals surface area (Å²) in [5.41, 5.74) is 0.808. The normalized spacial score (nSPS) is 10.1. The third kappa shape index (κ3) is 3.79. The summed E-state index contributed by atoms with van der Waals surface area (Å²) in [6.07, 6.45) is 0. The van der Waals surface area contributed by atoms with Crippen molar-refractivity contribution in [3.05, 3.63) is 46.4 Å². The number of urea groups is 1. The number of hydrogen-bond acceptors (Lipinski definition) is 4. The summed E-state index contributed by atoms with van der Waals surface area (Å²) in [5, 5.41) is 13.6. The topological polar surface area (TPSA) is 82.5 Å². The van der Waals surface area contributed by atoms with Crippen molar-refractivity contribution in [3.8, 4) is 0 Å². The van der Waals surface area contributed by atoms with Crippen molar-refractivity contribution >= 4 is 29.0 Å². The SMILES string of the molecule is CCN(C(=O)NCc1nc(C(=O)O)cs1)c1ccccc1. The second-order valence-corrected chi connectivity index (χ2v) is 5.11. The molecule has 2 aromatic rings. The predicted octanol–water partition coefficient (Wildman–Crippen LogP) is 2.58. The number of carbonyl (C=O) groups is 2. The van der Waals surface area contributed by atoms with Gasteiger partial charge in [0, 0.05) is 17.6 Å². The molecule has 0 saturated carbocycles. The highest BCUT2D eigenvalue weighted by molar-refractivity contribution is 7.09. The van der Waals surface area contributed by atoms with Gasteiger partial charge in [0.15, 0.2) is 5.69 Å². The van der Waals surface area contributed by atoms with E-state index in [1.807, 2.05) is 37.3 Å². The number of thiazole rings is 1. The molecule has 1 aromatic carbocycles. The zero-order chi connectivity index (χ0) is 15.2. The van der Waals surface area contributed by atoms with Gasteiger partial charge in [0.2, 0.25) is 0 Å². The molecule has 0 saturated heterocycles. The largest absolute Gasteiger partial charge is 0.476 e. The first-order chi connectivity index (χ1) is 10.1. The molecule has 6 nitrogen and oxygen atoms in total. The number of aromatic nitrogens is 1. The van der Waals surface area contributed by atoms with Crippen molar-refractivity contribution in [2.75, 3.05) is 11.4 Å². The molecule has 0 fully saturated rings. The lowest BCUT2D eigenvalue weighted by Gasteiger charge is -2.21. The Labute approximate surface area is 126 Å². The maximum Gasteiger partial charge on any atom is 0.355 e. The number of carboxylic acids is 1. The van der Waals surface area contributed by atoms with Crippen LogP contribution in [-0.2, 0) is 6.54 Å². The number of nitrogens with zero attached hydrogens (tertiary/aromatic N) is 2. The van der Waals surface area contributed by atoms with Gasteiger partial charge in [0.25, 0.3) is 0 Å². The van der Waals surface area contributed by atoms with Gasteiger partial charge >= 0.3 is 12.0 Å². The molecule has 0 atom stereocenters. The Morgan fingerprint density at radius 3 is 2.62 bits per heavy atom. The fourth-order valence-electron chi connectivity index (χ4n) is 1.79. The molecule has 0 radical (unpaired) electrons. The minimum absolute atomic E-state index is 0.000319. The van der Waals surface area contributed by atoms with E-state index in [-0.39, 0.29) is 18.3 Å². The Hall–Kier alpha value is -2.41. The van der Waals surface area contributed by atoms with Crippen LogP contribution >= 0.6 is 11.3 Å². The number of anilines is 1. The molecule has 0 unspecified atom stereocenters. The van der Waals surface area contributed by atoms with Gasteiger partial charge in [-0.1, -0.05) is 18.2 Å². The van der Waals surface area contributed by atoms with E-state index in [4.69, 9.17) is 5.11 Å². The fourth-order valence-corrected chi connectivity index (χ4v) is 2.50. The second-order valence-electron chi connectivity index (χ2n) is 4.17. The first-order valence-corrected chi connectivity index (χ1v) is 7.28. The summed E-state index contributed by atoms with van der Waals surface area (Å²) < 4.78 is 0. The van der Waals surface area contributed by atoms with Crippen LogP contribution < -0.4 is 10.2 Å². The number of amides is 2. The molecule has 0 aliphatic carbocycles. The van der Waals surface area contributed by atoms with Gasteiger partial charge in [-0.2, -0.15) is 0 Å². The van der Waals surface area contributed by atoms with Crippen molar-refractivity contribution in [1.29, 1.82) is 0 Å². The summed E-state index contributed by atoms with van der Waals surface area (Å²) in [7, 11) is 0. The van der Waals surface area contributed by atoms with Crippen LogP contribution in [0.15, 0.2) is 35.7 Å². The van der Waals surface area contributed by atoms with E-state index in [0.717, 1.165) is 5.69 Å².